The lowest BCUT2D eigenvalue weighted by Crippen LogP contribution is -2.46. The number of hydrogen-bond acceptors (Lipinski definition) is 3. The quantitative estimate of drug-likeness (QED) is 0.901. The second-order valence-electron chi connectivity index (χ2n) is 5.21. The molecule has 0 saturated carbocycles. The molecule has 21 heavy (non-hydrogen) atoms. The van der Waals surface area contributed by atoms with Crippen LogP contribution < -0.4 is 5.32 Å². The first-order chi connectivity index (χ1) is 9.74. The van der Waals surface area contributed by atoms with Gasteiger partial charge in [-0.25, -0.2) is 0 Å². The zero-order chi connectivity index (χ0) is 14.4. The number of likely N-dealkylation sites (N-methyl/N-ethyl adjacent to an activating group) is 1. The Bertz CT molecular complexity index is 438. The van der Waals surface area contributed by atoms with E-state index in [4.69, 9.17) is 0 Å². The Morgan fingerprint density at radius 3 is 2.71 bits per heavy atom. The van der Waals surface area contributed by atoms with Gasteiger partial charge in [0.15, 0.2) is 0 Å². The van der Waals surface area contributed by atoms with Gasteiger partial charge in [-0.2, -0.15) is 11.8 Å². The van der Waals surface area contributed by atoms with Gasteiger partial charge in [0.05, 0.1) is 0 Å². The molecule has 0 aromatic heterocycles. The molecule has 1 aliphatic heterocycles. The van der Waals surface area contributed by atoms with Crippen LogP contribution in [0.15, 0.2) is 24.3 Å². The van der Waals surface area contributed by atoms with E-state index in [9.17, 15) is 4.79 Å². The standard InChI is InChI=1S/C16H24N2OS.ClH/c1-3-20-12-13-6-8-14(9-7-13)16(19)18-10-4-5-15(11-18)17-2;/h6-9,15,17H,3-5,10-12H2,1-2H3;1H. The van der Waals surface area contributed by atoms with E-state index in [0.717, 1.165) is 43.0 Å². The Morgan fingerprint density at radius 1 is 1.38 bits per heavy atom. The second kappa shape index (κ2) is 9.34. The lowest BCUT2D eigenvalue weighted by Gasteiger charge is -2.32. The van der Waals surface area contributed by atoms with E-state index in [0.29, 0.717) is 6.04 Å². The van der Waals surface area contributed by atoms with Crippen LogP contribution in [0.2, 0.25) is 0 Å². The largest absolute Gasteiger partial charge is 0.337 e. The molecular formula is C16H25ClN2OS. The molecule has 5 heteroatoms. The average molecular weight is 329 g/mol. The van der Waals surface area contributed by atoms with Crippen molar-refractivity contribution in [3.05, 3.63) is 35.4 Å². The third-order valence-electron chi connectivity index (χ3n) is 3.79. The van der Waals surface area contributed by atoms with Gasteiger partial charge < -0.3 is 10.2 Å². The summed E-state index contributed by atoms with van der Waals surface area (Å²) >= 11 is 1.90. The lowest BCUT2D eigenvalue weighted by atomic mass is 10.0. The number of carbonyl (C=O) groups is 1. The molecular weight excluding hydrogens is 304 g/mol. The number of halogens is 1. The smallest absolute Gasteiger partial charge is 0.253 e. The third kappa shape index (κ3) is 5.20. The number of thioether (sulfide) groups is 1. The Labute approximate surface area is 138 Å². The maximum atomic E-state index is 12.5. The minimum Gasteiger partial charge on any atom is -0.337 e. The number of rotatable bonds is 5. The van der Waals surface area contributed by atoms with Crippen LogP contribution in [0.25, 0.3) is 0 Å². The first-order valence-corrected chi connectivity index (χ1v) is 8.53. The van der Waals surface area contributed by atoms with E-state index in [2.05, 4.69) is 24.4 Å². The Morgan fingerprint density at radius 2 is 2.10 bits per heavy atom. The molecule has 1 amide bonds. The lowest BCUT2D eigenvalue weighted by molar-refractivity contribution is 0.0698. The summed E-state index contributed by atoms with van der Waals surface area (Å²) in [5, 5.41) is 3.28. The normalized spacial score (nSPS) is 18.2. The van der Waals surface area contributed by atoms with Gasteiger partial charge >= 0.3 is 0 Å². The third-order valence-corrected chi connectivity index (χ3v) is 4.74. The van der Waals surface area contributed by atoms with Gasteiger partial charge in [0, 0.05) is 30.4 Å². The molecule has 1 unspecified atom stereocenters. The van der Waals surface area contributed by atoms with Crippen molar-refractivity contribution in [3.63, 3.8) is 0 Å². The van der Waals surface area contributed by atoms with E-state index in [1.165, 1.54) is 5.56 Å². The molecule has 1 N–H and O–H groups in total. The number of nitrogens with one attached hydrogen (secondary N) is 1. The summed E-state index contributed by atoms with van der Waals surface area (Å²) in [6.45, 7) is 3.87. The fourth-order valence-electron chi connectivity index (χ4n) is 2.54. The van der Waals surface area contributed by atoms with Gasteiger partial charge in [0.2, 0.25) is 0 Å². The Balaban J connectivity index is 0.00000220. The van der Waals surface area contributed by atoms with Gasteiger partial charge in [0.25, 0.3) is 5.91 Å². The minimum atomic E-state index is 0. The van der Waals surface area contributed by atoms with Gasteiger partial charge in [0.1, 0.15) is 0 Å². The second-order valence-corrected chi connectivity index (χ2v) is 6.49. The van der Waals surface area contributed by atoms with Crippen molar-refractivity contribution >= 4 is 30.1 Å². The van der Waals surface area contributed by atoms with Crippen molar-refractivity contribution in [2.24, 2.45) is 0 Å². The predicted molar refractivity (Wildman–Crippen MR) is 93.5 cm³/mol. The van der Waals surface area contributed by atoms with Gasteiger partial charge in [-0.1, -0.05) is 19.1 Å². The summed E-state index contributed by atoms with van der Waals surface area (Å²) in [5.74, 6) is 2.32. The monoisotopic (exact) mass is 328 g/mol. The van der Waals surface area contributed by atoms with Crippen LogP contribution in [0, 0.1) is 0 Å². The summed E-state index contributed by atoms with van der Waals surface area (Å²) in [7, 11) is 1.97. The van der Waals surface area contributed by atoms with E-state index in [1.807, 2.05) is 35.8 Å². The van der Waals surface area contributed by atoms with Crippen LogP contribution in [0.4, 0.5) is 0 Å². The molecule has 0 aliphatic carbocycles. The minimum absolute atomic E-state index is 0. The molecule has 1 heterocycles. The van der Waals surface area contributed by atoms with Gasteiger partial charge in [-0.15, -0.1) is 12.4 Å². The molecule has 0 bridgehead atoms. The van der Waals surface area contributed by atoms with Crippen LogP contribution in [0.3, 0.4) is 0 Å². The van der Waals surface area contributed by atoms with Crippen molar-refractivity contribution in [1.82, 2.24) is 10.2 Å². The van der Waals surface area contributed by atoms with Crippen molar-refractivity contribution in [3.8, 4) is 0 Å². The molecule has 1 aromatic rings. The van der Waals surface area contributed by atoms with Gasteiger partial charge in [-0.3, -0.25) is 4.79 Å². The van der Waals surface area contributed by atoms with Crippen molar-refractivity contribution in [2.75, 3.05) is 25.9 Å². The number of piperidine rings is 1. The highest BCUT2D eigenvalue weighted by molar-refractivity contribution is 7.98. The first-order valence-electron chi connectivity index (χ1n) is 7.37. The molecule has 1 atom stereocenters. The fourth-order valence-corrected chi connectivity index (χ4v) is 3.18. The van der Waals surface area contributed by atoms with E-state index >= 15 is 0 Å². The number of amides is 1. The average Bonchev–Trinajstić information content (AvgIpc) is 2.52. The molecule has 118 valence electrons. The van der Waals surface area contributed by atoms with E-state index in [-0.39, 0.29) is 18.3 Å². The topological polar surface area (TPSA) is 32.3 Å². The fraction of sp³-hybridized carbons (Fsp3) is 0.562. The molecule has 1 aromatic carbocycles. The summed E-state index contributed by atoms with van der Waals surface area (Å²) in [6, 6.07) is 8.53. The van der Waals surface area contributed by atoms with E-state index < -0.39 is 0 Å². The maximum Gasteiger partial charge on any atom is 0.253 e. The van der Waals surface area contributed by atoms with Crippen molar-refractivity contribution in [1.29, 1.82) is 0 Å². The number of nitrogens with zero attached hydrogens (tertiary/aromatic N) is 1. The van der Waals surface area contributed by atoms with Gasteiger partial charge in [-0.05, 0) is 43.3 Å². The molecule has 0 spiro atoms. The highest BCUT2D eigenvalue weighted by atomic mass is 35.5. The highest BCUT2D eigenvalue weighted by Crippen LogP contribution is 2.16. The number of benzene rings is 1. The van der Waals surface area contributed by atoms with Crippen LogP contribution in [0.1, 0.15) is 35.7 Å². The molecule has 3 nitrogen and oxygen atoms in total. The molecule has 1 fully saturated rings. The number of carbonyl (C=O) groups excluding carboxylic acids is 1. The molecule has 2 rings (SSSR count). The summed E-state index contributed by atoms with van der Waals surface area (Å²) < 4.78 is 0. The summed E-state index contributed by atoms with van der Waals surface area (Å²) in [6.07, 6.45) is 2.25. The van der Waals surface area contributed by atoms with E-state index in [1.54, 1.807) is 0 Å². The van der Waals surface area contributed by atoms with Crippen LogP contribution in [-0.4, -0.2) is 42.7 Å². The first kappa shape index (κ1) is 18.3. The highest BCUT2D eigenvalue weighted by Gasteiger charge is 2.23. The Hall–Kier alpha value is -0.710. The zero-order valence-corrected chi connectivity index (χ0v) is 14.4. The molecule has 1 aliphatic rings. The molecule has 1 saturated heterocycles. The maximum absolute atomic E-state index is 12.5. The van der Waals surface area contributed by atoms with Crippen LogP contribution >= 0.6 is 24.2 Å². The SMILES string of the molecule is CCSCc1ccc(C(=O)N2CCCC(NC)C2)cc1.Cl. The Kier molecular flexibility index (Phi) is 8.15. The number of likely N-dealkylation sites (tertiary alicyclic amines) is 1. The predicted octanol–water partition coefficient (Wildman–Crippen LogP) is 3.19. The zero-order valence-electron chi connectivity index (χ0n) is 12.8. The molecule has 0 radical (unpaired) electrons. The summed E-state index contributed by atoms with van der Waals surface area (Å²) in [5.41, 5.74) is 2.10. The van der Waals surface area contributed by atoms with Crippen LogP contribution in [-0.2, 0) is 5.75 Å². The van der Waals surface area contributed by atoms with Crippen molar-refractivity contribution < 1.29 is 4.79 Å². The summed E-state index contributed by atoms with van der Waals surface area (Å²) in [4.78, 5) is 14.5. The van der Waals surface area contributed by atoms with Crippen molar-refractivity contribution in [2.45, 2.75) is 31.6 Å². The number of hydrogen-bond donors (Lipinski definition) is 1. The van der Waals surface area contributed by atoms with Crippen LogP contribution in [0.5, 0.6) is 0 Å².